The van der Waals surface area contributed by atoms with E-state index < -0.39 is 0 Å². The third kappa shape index (κ3) is 4.06. The maximum atomic E-state index is 5.47. The summed E-state index contributed by atoms with van der Waals surface area (Å²) in [5, 5.41) is 3.55. The largest absolute Gasteiger partial charge is 0.497 e. The first-order valence-corrected chi connectivity index (χ1v) is 8.57. The predicted octanol–water partition coefficient (Wildman–Crippen LogP) is 4.52. The number of ether oxygens (including phenoxy) is 2. The van der Waals surface area contributed by atoms with E-state index in [0.717, 1.165) is 34.9 Å². The van der Waals surface area contributed by atoms with Crippen LogP contribution in [0.4, 0.5) is 0 Å². The van der Waals surface area contributed by atoms with E-state index in [2.05, 4.69) is 41.5 Å². The van der Waals surface area contributed by atoms with Gasteiger partial charge >= 0.3 is 0 Å². The molecule has 5 heteroatoms. The molecule has 26 heavy (non-hydrogen) atoms. The van der Waals surface area contributed by atoms with Crippen molar-refractivity contribution in [2.24, 2.45) is 0 Å². The van der Waals surface area contributed by atoms with Crippen LogP contribution >= 0.6 is 0 Å². The zero-order valence-electron chi connectivity index (χ0n) is 15.6. The van der Waals surface area contributed by atoms with Crippen LogP contribution in [0.2, 0.25) is 0 Å². The number of methoxy groups -OCH3 is 2. The molecule has 1 unspecified atom stereocenters. The molecule has 0 aliphatic rings. The smallest absolute Gasteiger partial charge is 0.191 e. The standard InChI is InChI=1S/C21H24N2O3/c1-14(17-6-5-7-18(11-17)24-3)22-12-16-8-9-21(25-4)19(10-16)20-13-26-15(2)23-20/h5-11,13-14,22H,12H2,1-4H3. The van der Waals surface area contributed by atoms with Crippen LogP contribution in [0.3, 0.4) is 0 Å². The highest BCUT2D eigenvalue weighted by Crippen LogP contribution is 2.30. The maximum absolute atomic E-state index is 5.47. The summed E-state index contributed by atoms with van der Waals surface area (Å²) >= 11 is 0. The van der Waals surface area contributed by atoms with Crippen LogP contribution in [0.1, 0.15) is 30.0 Å². The lowest BCUT2D eigenvalue weighted by atomic mass is 10.1. The van der Waals surface area contributed by atoms with Crippen molar-refractivity contribution in [3.63, 3.8) is 0 Å². The number of nitrogens with one attached hydrogen (secondary N) is 1. The number of hydrogen-bond acceptors (Lipinski definition) is 5. The normalized spacial score (nSPS) is 12.0. The van der Waals surface area contributed by atoms with Gasteiger partial charge in [-0.3, -0.25) is 0 Å². The summed E-state index contributed by atoms with van der Waals surface area (Å²) in [6.45, 7) is 4.70. The van der Waals surface area contributed by atoms with Gasteiger partial charge < -0.3 is 19.2 Å². The molecule has 0 radical (unpaired) electrons. The number of aryl methyl sites for hydroxylation is 1. The lowest BCUT2D eigenvalue weighted by molar-refractivity contribution is 0.413. The number of benzene rings is 2. The Hall–Kier alpha value is -2.79. The second kappa shape index (κ2) is 8.06. The predicted molar refractivity (Wildman–Crippen MR) is 101 cm³/mol. The van der Waals surface area contributed by atoms with Crippen molar-refractivity contribution in [3.8, 4) is 22.8 Å². The highest BCUT2D eigenvalue weighted by atomic mass is 16.5. The van der Waals surface area contributed by atoms with Crippen molar-refractivity contribution in [2.75, 3.05) is 14.2 Å². The van der Waals surface area contributed by atoms with Crippen LogP contribution in [0, 0.1) is 6.92 Å². The average Bonchev–Trinajstić information content (AvgIpc) is 3.12. The highest BCUT2D eigenvalue weighted by Gasteiger charge is 2.12. The minimum absolute atomic E-state index is 0.199. The Morgan fingerprint density at radius 3 is 2.65 bits per heavy atom. The molecular formula is C21H24N2O3. The third-order valence-electron chi connectivity index (χ3n) is 4.37. The summed E-state index contributed by atoms with van der Waals surface area (Å²) < 4.78 is 16.1. The Labute approximate surface area is 154 Å². The third-order valence-corrected chi connectivity index (χ3v) is 4.37. The molecule has 0 aliphatic heterocycles. The molecule has 1 heterocycles. The van der Waals surface area contributed by atoms with Crippen molar-refractivity contribution in [1.82, 2.24) is 10.3 Å². The topological polar surface area (TPSA) is 56.5 Å². The molecule has 0 aliphatic carbocycles. The number of nitrogens with zero attached hydrogens (tertiary/aromatic N) is 1. The fraction of sp³-hybridized carbons (Fsp3) is 0.286. The van der Waals surface area contributed by atoms with Crippen LogP contribution in [-0.4, -0.2) is 19.2 Å². The minimum atomic E-state index is 0.199. The van der Waals surface area contributed by atoms with Crippen molar-refractivity contribution < 1.29 is 13.9 Å². The van der Waals surface area contributed by atoms with Gasteiger partial charge in [-0.2, -0.15) is 0 Å². The number of rotatable bonds is 7. The molecule has 0 fully saturated rings. The van der Waals surface area contributed by atoms with Gasteiger partial charge in [-0.25, -0.2) is 4.98 Å². The lowest BCUT2D eigenvalue weighted by Gasteiger charge is -2.16. The summed E-state index contributed by atoms with van der Waals surface area (Å²) in [6, 6.07) is 14.4. The van der Waals surface area contributed by atoms with E-state index in [1.165, 1.54) is 5.56 Å². The molecular weight excluding hydrogens is 328 g/mol. The first-order valence-electron chi connectivity index (χ1n) is 8.57. The van der Waals surface area contributed by atoms with Crippen LogP contribution in [0.15, 0.2) is 53.1 Å². The van der Waals surface area contributed by atoms with Gasteiger partial charge in [0.15, 0.2) is 5.89 Å². The van der Waals surface area contributed by atoms with Gasteiger partial charge in [0.25, 0.3) is 0 Å². The van der Waals surface area contributed by atoms with Gasteiger partial charge in [-0.1, -0.05) is 18.2 Å². The molecule has 5 nitrogen and oxygen atoms in total. The molecule has 136 valence electrons. The molecule has 1 atom stereocenters. The van der Waals surface area contributed by atoms with Gasteiger partial charge in [0.1, 0.15) is 23.5 Å². The van der Waals surface area contributed by atoms with E-state index in [4.69, 9.17) is 13.9 Å². The summed E-state index contributed by atoms with van der Waals surface area (Å²) in [6.07, 6.45) is 1.66. The van der Waals surface area contributed by atoms with Crippen LogP contribution in [0.25, 0.3) is 11.3 Å². The van der Waals surface area contributed by atoms with E-state index in [0.29, 0.717) is 5.89 Å². The van der Waals surface area contributed by atoms with E-state index in [1.807, 2.05) is 25.1 Å². The Bertz CT molecular complexity index is 873. The molecule has 1 aromatic heterocycles. The van der Waals surface area contributed by atoms with E-state index in [-0.39, 0.29) is 6.04 Å². The Kier molecular flexibility index (Phi) is 5.58. The molecule has 0 bridgehead atoms. The molecule has 3 rings (SSSR count). The van der Waals surface area contributed by atoms with Crippen molar-refractivity contribution in [1.29, 1.82) is 0 Å². The first kappa shape index (κ1) is 18.0. The van der Waals surface area contributed by atoms with Gasteiger partial charge in [0.2, 0.25) is 0 Å². The van der Waals surface area contributed by atoms with Crippen LogP contribution in [0.5, 0.6) is 11.5 Å². The lowest BCUT2D eigenvalue weighted by Crippen LogP contribution is -2.18. The van der Waals surface area contributed by atoms with Gasteiger partial charge in [0, 0.05) is 25.1 Å². The second-order valence-electron chi connectivity index (χ2n) is 6.17. The number of aromatic nitrogens is 1. The fourth-order valence-corrected chi connectivity index (χ4v) is 2.85. The first-order chi connectivity index (χ1) is 12.6. The second-order valence-corrected chi connectivity index (χ2v) is 6.17. The summed E-state index contributed by atoms with van der Waals surface area (Å²) in [5.41, 5.74) is 4.04. The molecule has 0 saturated carbocycles. The SMILES string of the molecule is COc1cccc(C(C)NCc2ccc(OC)c(-c3coc(C)n3)c2)c1. The average molecular weight is 352 g/mol. The zero-order valence-corrected chi connectivity index (χ0v) is 15.6. The maximum Gasteiger partial charge on any atom is 0.191 e. The quantitative estimate of drug-likeness (QED) is 0.677. The molecule has 1 N–H and O–H groups in total. The molecule has 0 amide bonds. The van der Waals surface area contributed by atoms with Crippen LogP contribution in [-0.2, 0) is 6.54 Å². The van der Waals surface area contributed by atoms with E-state index in [1.54, 1.807) is 20.5 Å². The Balaban J connectivity index is 1.75. The summed E-state index contributed by atoms with van der Waals surface area (Å²) in [5.74, 6) is 2.28. The minimum Gasteiger partial charge on any atom is -0.497 e. The molecule has 2 aromatic carbocycles. The number of oxazole rings is 1. The Morgan fingerprint density at radius 1 is 1.12 bits per heavy atom. The van der Waals surface area contributed by atoms with Crippen LogP contribution < -0.4 is 14.8 Å². The molecule has 3 aromatic rings. The van der Waals surface area contributed by atoms with Crippen molar-refractivity contribution in [3.05, 3.63) is 65.7 Å². The van der Waals surface area contributed by atoms with Gasteiger partial charge in [-0.15, -0.1) is 0 Å². The fourth-order valence-electron chi connectivity index (χ4n) is 2.85. The van der Waals surface area contributed by atoms with Gasteiger partial charge in [0.05, 0.1) is 14.2 Å². The monoisotopic (exact) mass is 352 g/mol. The highest BCUT2D eigenvalue weighted by molar-refractivity contribution is 5.67. The summed E-state index contributed by atoms with van der Waals surface area (Å²) in [7, 11) is 3.34. The number of hydrogen-bond donors (Lipinski definition) is 1. The van der Waals surface area contributed by atoms with Gasteiger partial charge in [-0.05, 0) is 42.3 Å². The molecule has 0 saturated heterocycles. The zero-order chi connectivity index (χ0) is 18.5. The van der Waals surface area contributed by atoms with Crippen molar-refractivity contribution in [2.45, 2.75) is 26.4 Å². The van der Waals surface area contributed by atoms with E-state index >= 15 is 0 Å². The van der Waals surface area contributed by atoms with E-state index in [9.17, 15) is 0 Å². The van der Waals surface area contributed by atoms with Crippen molar-refractivity contribution >= 4 is 0 Å². The molecule has 0 spiro atoms. The Morgan fingerprint density at radius 2 is 1.96 bits per heavy atom. The summed E-state index contributed by atoms with van der Waals surface area (Å²) in [4.78, 5) is 4.41.